The van der Waals surface area contributed by atoms with E-state index in [0.29, 0.717) is 0 Å². The predicted octanol–water partition coefficient (Wildman–Crippen LogP) is 3.82. The molecule has 0 bridgehead atoms. The number of rotatable bonds is 6. The molecule has 0 N–H and O–H groups in total. The summed E-state index contributed by atoms with van der Waals surface area (Å²) in [6.45, 7) is 4.52. The Bertz CT molecular complexity index is 955. The van der Waals surface area contributed by atoms with Gasteiger partial charge in [0.1, 0.15) is 0 Å². The summed E-state index contributed by atoms with van der Waals surface area (Å²) in [6, 6.07) is 16.6. The number of carbonyl (C=O) groups is 1. The van der Waals surface area contributed by atoms with Gasteiger partial charge in [0.25, 0.3) is 0 Å². The van der Waals surface area contributed by atoms with Crippen molar-refractivity contribution in [2.24, 2.45) is 0 Å². The Morgan fingerprint density at radius 2 is 1.86 bits per heavy atom. The highest BCUT2D eigenvalue weighted by molar-refractivity contribution is 7.13. The van der Waals surface area contributed by atoms with Crippen molar-refractivity contribution in [3.63, 3.8) is 0 Å². The van der Waals surface area contributed by atoms with Crippen LogP contribution >= 0.6 is 11.3 Å². The lowest BCUT2D eigenvalue weighted by atomic mass is 9.99. The molecule has 0 atom stereocenters. The minimum atomic E-state index is -0.453. The van der Waals surface area contributed by atoms with E-state index in [1.54, 1.807) is 11.3 Å². The van der Waals surface area contributed by atoms with E-state index in [4.69, 9.17) is 4.52 Å². The maximum Gasteiger partial charge on any atom is 0.235 e. The SMILES string of the molecule is O=C(N1CCN(CCc2ccccc2)CC1)C1(c2cc(-c3cccs3)on2)CC1. The van der Waals surface area contributed by atoms with Crippen molar-refractivity contribution < 1.29 is 9.32 Å². The van der Waals surface area contributed by atoms with Crippen LogP contribution in [0.1, 0.15) is 24.1 Å². The zero-order valence-corrected chi connectivity index (χ0v) is 17.2. The number of piperazine rings is 1. The average Bonchev–Trinajstić information content (AvgIpc) is 3.17. The summed E-state index contributed by atoms with van der Waals surface area (Å²) in [5.41, 5.74) is 1.72. The number of amides is 1. The molecule has 0 spiro atoms. The number of aromatic nitrogens is 1. The van der Waals surface area contributed by atoms with E-state index in [9.17, 15) is 4.79 Å². The molecule has 2 aliphatic rings. The maximum atomic E-state index is 13.3. The molecule has 6 heteroatoms. The van der Waals surface area contributed by atoms with Crippen molar-refractivity contribution in [3.05, 3.63) is 65.2 Å². The molecule has 29 heavy (non-hydrogen) atoms. The fourth-order valence-electron chi connectivity index (χ4n) is 4.15. The summed E-state index contributed by atoms with van der Waals surface area (Å²) in [5.74, 6) is 0.992. The van der Waals surface area contributed by atoms with Crippen molar-refractivity contribution in [1.29, 1.82) is 0 Å². The van der Waals surface area contributed by atoms with Crippen LogP contribution in [0.5, 0.6) is 0 Å². The number of thiophene rings is 1. The van der Waals surface area contributed by atoms with Crippen LogP contribution in [-0.2, 0) is 16.6 Å². The number of carbonyl (C=O) groups excluding carboxylic acids is 1. The molecule has 2 fully saturated rings. The molecule has 3 heterocycles. The normalized spacial score (nSPS) is 18.7. The molecule has 5 rings (SSSR count). The van der Waals surface area contributed by atoms with Crippen LogP contribution in [0.15, 0.2) is 58.4 Å². The first-order chi connectivity index (χ1) is 14.2. The van der Waals surface area contributed by atoms with Gasteiger partial charge in [0.05, 0.1) is 16.0 Å². The van der Waals surface area contributed by atoms with Gasteiger partial charge < -0.3 is 9.42 Å². The second-order valence-corrected chi connectivity index (χ2v) is 8.95. The fourth-order valence-corrected chi connectivity index (χ4v) is 4.82. The van der Waals surface area contributed by atoms with Gasteiger partial charge in [-0.05, 0) is 36.3 Å². The van der Waals surface area contributed by atoms with Crippen molar-refractivity contribution >= 4 is 17.2 Å². The standard InChI is InChI=1S/C23H25N3O2S/c27-22(23(9-10-23)21-17-19(28-24-21)20-7-4-16-29-20)26-14-12-25(13-15-26)11-8-18-5-2-1-3-6-18/h1-7,16-17H,8-15H2. The van der Waals surface area contributed by atoms with Crippen LogP contribution in [0, 0.1) is 0 Å². The summed E-state index contributed by atoms with van der Waals surface area (Å²) in [4.78, 5) is 18.8. The van der Waals surface area contributed by atoms with E-state index in [1.165, 1.54) is 5.56 Å². The van der Waals surface area contributed by atoms with Gasteiger partial charge in [-0.1, -0.05) is 41.6 Å². The molecule has 1 aromatic carbocycles. The topological polar surface area (TPSA) is 49.6 Å². The van der Waals surface area contributed by atoms with Gasteiger partial charge in [0, 0.05) is 38.8 Å². The maximum absolute atomic E-state index is 13.3. The van der Waals surface area contributed by atoms with Crippen LogP contribution in [0.4, 0.5) is 0 Å². The van der Waals surface area contributed by atoms with Gasteiger partial charge in [0.2, 0.25) is 5.91 Å². The molecule has 150 valence electrons. The highest BCUT2D eigenvalue weighted by Gasteiger charge is 2.55. The molecule has 2 aromatic heterocycles. The molecule has 3 aromatic rings. The first kappa shape index (κ1) is 18.6. The van der Waals surface area contributed by atoms with Crippen LogP contribution in [0.25, 0.3) is 10.6 Å². The number of nitrogens with zero attached hydrogens (tertiary/aromatic N) is 3. The minimum absolute atomic E-state index is 0.228. The second-order valence-electron chi connectivity index (χ2n) is 8.01. The Labute approximate surface area is 174 Å². The van der Waals surface area contributed by atoms with Crippen molar-refractivity contribution in [2.75, 3.05) is 32.7 Å². The van der Waals surface area contributed by atoms with E-state index >= 15 is 0 Å². The smallest absolute Gasteiger partial charge is 0.235 e. The van der Waals surface area contributed by atoms with E-state index < -0.39 is 5.41 Å². The quantitative estimate of drug-likeness (QED) is 0.623. The molecular weight excluding hydrogens is 382 g/mol. The number of hydrogen-bond donors (Lipinski definition) is 0. The first-order valence-corrected chi connectivity index (χ1v) is 11.2. The molecule has 0 radical (unpaired) electrons. The Balaban J connectivity index is 1.18. The minimum Gasteiger partial charge on any atom is -0.355 e. The molecule has 1 amide bonds. The van der Waals surface area contributed by atoms with Crippen molar-refractivity contribution in [1.82, 2.24) is 15.0 Å². The van der Waals surface area contributed by atoms with Gasteiger partial charge >= 0.3 is 0 Å². The summed E-state index contributed by atoms with van der Waals surface area (Å²) in [5, 5.41) is 6.29. The van der Waals surface area contributed by atoms with Crippen molar-refractivity contribution in [3.8, 4) is 10.6 Å². The van der Waals surface area contributed by atoms with Crippen LogP contribution in [0.2, 0.25) is 0 Å². The van der Waals surface area contributed by atoms with E-state index in [0.717, 1.165) is 68.3 Å². The Hall–Kier alpha value is -2.44. The largest absolute Gasteiger partial charge is 0.355 e. The predicted molar refractivity (Wildman–Crippen MR) is 114 cm³/mol. The lowest BCUT2D eigenvalue weighted by Gasteiger charge is -2.36. The summed E-state index contributed by atoms with van der Waals surface area (Å²) in [6.07, 6.45) is 2.80. The summed E-state index contributed by atoms with van der Waals surface area (Å²) < 4.78 is 5.55. The molecule has 1 saturated heterocycles. The monoisotopic (exact) mass is 407 g/mol. The van der Waals surface area contributed by atoms with Crippen LogP contribution < -0.4 is 0 Å². The Morgan fingerprint density at radius 3 is 2.55 bits per heavy atom. The van der Waals surface area contributed by atoms with E-state index in [2.05, 4.69) is 40.4 Å². The Morgan fingerprint density at radius 1 is 1.07 bits per heavy atom. The van der Waals surface area contributed by atoms with E-state index in [1.807, 2.05) is 28.5 Å². The second kappa shape index (κ2) is 7.76. The lowest BCUT2D eigenvalue weighted by molar-refractivity contribution is -0.135. The molecule has 1 saturated carbocycles. The molecule has 1 aliphatic heterocycles. The third-order valence-electron chi connectivity index (χ3n) is 6.14. The number of benzene rings is 1. The zero-order valence-electron chi connectivity index (χ0n) is 16.4. The average molecular weight is 408 g/mol. The third-order valence-corrected chi connectivity index (χ3v) is 7.03. The van der Waals surface area contributed by atoms with E-state index in [-0.39, 0.29) is 5.91 Å². The highest BCUT2D eigenvalue weighted by atomic mass is 32.1. The summed E-state index contributed by atoms with van der Waals surface area (Å²) in [7, 11) is 0. The third kappa shape index (κ3) is 3.74. The molecule has 1 aliphatic carbocycles. The van der Waals surface area contributed by atoms with Gasteiger partial charge in [-0.2, -0.15) is 0 Å². The van der Waals surface area contributed by atoms with Crippen LogP contribution in [-0.4, -0.2) is 53.6 Å². The first-order valence-electron chi connectivity index (χ1n) is 10.3. The molecular formula is C23H25N3O2S. The van der Waals surface area contributed by atoms with Gasteiger partial charge in [-0.3, -0.25) is 9.69 Å². The Kier molecular flexibility index (Phi) is 4.97. The fraction of sp³-hybridized carbons (Fsp3) is 0.391. The number of hydrogen-bond acceptors (Lipinski definition) is 5. The van der Waals surface area contributed by atoms with Crippen LogP contribution in [0.3, 0.4) is 0 Å². The molecule has 0 unspecified atom stereocenters. The van der Waals surface area contributed by atoms with Crippen molar-refractivity contribution in [2.45, 2.75) is 24.7 Å². The zero-order chi connectivity index (χ0) is 19.7. The van der Waals surface area contributed by atoms with Gasteiger partial charge in [-0.15, -0.1) is 11.3 Å². The van der Waals surface area contributed by atoms with Gasteiger partial charge in [0.15, 0.2) is 5.76 Å². The lowest BCUT2D eigenvalue weighted by Crippen LogP contribution is -2.51. The summed E-state index contributed by atoms with van der Waals surface area (Å²) >= 11 is 1.63. The highest BCUT2D eigenvalue weighted by Crippen LogP contribution is 2.50. The molecule has 5 nitrogen and oxygen atoms in total. The van der Waals surface area contributed by atoms with Gasteiger partial charge in [-0.25, -0.2) is 0 Å².